The van der Waals surface area contributed by atoms with E-state index >= 15 is 0 Å². The molecule has 0 fully saturated rings. The van der Waals surface area contributed by atoms with Crippen molar-refractivity contribution in [2.75, 3.05) is 0 Å². The first-order chi connectivity index (χ1) is 5.52. The standard InChI is InChI=1S/C9H9IO2/c1-5-3-7(9(10)12)4-6(2)8(5)11/h3-4,11H,1-2H3. The molecule has 1 N–H and O–H groups in total. The lowest BCUT2D eigenvalue weighted by Gasteiger charge is -2.04. The summed E-state index contributed by atoms with van der Waals surface area (Å²) < 4.78 is -0.00111. The van der Waals surface area contributed by atoms with Crippen molar-refractivity contribution in [3.63, 3.8) is 0 Å². The minimum atomic E-state index is -0.00111. The van der Waals surface area contributed by atoms with Crippen LogP contribution < -0.4 is 0 Å². The highest BCUT2D eigenvalue weighted by Crippen LogP contribution is 2.23. The maximum absolute atomic E-state index is 11.0. The Morgan fingerprint density at radius 1 is 1.33 bits per heavy atom. The summed E-state index contributed by atoms with van der Waals surface area (Å²) in [6.07, 6.45) is 0. The van der Waals surface area contributed by atoms with Crippen LogP contribution in [0.5, 0.6) is 5.75 Å². The highest BCUT2D eigenvalue weighted by molar-refractivity contribution is 14.1. The van der Waals surface area contributed by atoms with Crippen LogP contribution in [0.3, 0.4) is 0 Å². The largest absolute Gasteiger partial charge is 0.507 e. The Morgan fingerprint density at radius 3 is 2.08 bits per heavy atom. The first kappa shape index (κ1) is 9.51. The van der Waals surface area contributed by atoms with Crippen LogP contribution in [0, 0.1) is 13.8 Å². The maximum atomic E-state index is 11.0. The first-order valence-corrected chi connectivity index (χ1v) is 4.60. The van der Waals surface area contributed by atoms with E-state index in [2.05, 4.69) is 0 Å². The molecule has 0 heterocycles. The van der Waals surface area contributed by atoms with Crippen molar-refractivity contribution in [3.05, 3.63) is 28.8 Å². The van der Waals surface area contributed by atoms with Crippen LogP contribution >= 0.6 is 22.6 Å². The summed E-state index contributed by atoms with van der Waals surface area (Å²) in [7, 11) is 0. The molecule has 2 nitrogen and oxygen atoms in total. The van der Waals surface area contributed by atoms with E-state index in [0.29, 0.717) is 5.56 Å². The van der Waals surface area contributed by atoms with E-state index in [-0.39, 0.29) is 9.54 Å². The molecule has 1 aromatic carbocycles. The molecule has 0 amide bonds. The Morgan fingerprint density at radius 2 is 1.75 bits per heavy atom. The van der Waals surface area contributed by atoms with Gasteiger partial charge >= 0.3 is 0 Å². The third kappa shape index (κ3) is 1.77. The molecule has 0 radical (unpaired) electrons. The van der Waals surface area contributed by atoms with Crippen LogP contribution in [0.4, 0.5) is 0 Å². The summed E-state index contributed by atoms with van der Waals surface area (Å²) in [6, 6.07) is 3.38. The van der Waals surface area contributed by atoms with E-state index in [9.17, 15) is 9.90 Å². The van der Waals surface area contributed by atoms with Gasteiger partial charge in [-0.3, -0.25) is 4.79 Å². The predicted molar refractivity (Wildman–Crippen MR) is 55.9 cm³/mol. The topological polar surface area (TPSA) is 37.3 Å². The van der Waals surface area contributed by atoms with Crippen LogP contribution in [-0.4, -0.2) is 8.90 Å². The number of hydrogen-bond acceptors (Lipinski definition) is 2. The summed E-state index contributed by atoms with van der Waals surface area (Å²) in [5.41, 5.74) is 2.13. The molecule has 0 aromatic heterocycles. The molecule has 3 heteroatoms. The fraction of sp³-hybridized carbons (Fsp3) is 0.222. The second-order valence-corrected chi connectivity index (χ2v) is 3.71. The molecule has 0 aliphatic rings. The lowest BCUT2D eigenvalue weighted by atomic mass is 10.1. The van der Waals surface area contributed by atoms with Crippen molar-refractivity contribution >= 4 is 26.4 Å². The fourth-order valence-electron chi connectivity index (χ4n) is 1.07. The summed E-state index contributed by atoms with van der Waals surface area (Å²) in [5, 5.41) is 9.40. The maximum Gasteiger partial charge on any atom is 0.222 e. The molecule has 0 saturated heterocycles. The quantitative estimate of drug-likeness (QED) is 0.632. The molecular formula is C9H9IO2. The van der Waals surface area contributed by atoms with E-state index in [4.69, 9.17) is 0 Å². The molecule has 12 heavy (non-hydrogen) atoms. The van der Waals surface area contributed by atoms with Gasteiger partial charge in [0.1, 0.15) is 5.75 Å². The SMILES string of the molecule is Cc1cc(C(=O)I)cc(C)c1O. The van der Waals surface area contributed by atoms with Gasteiger partial charge in [0.25, 0.3) is 0 Å². The number of phenolic OH excluding ortho intramolecular Hbond substituents is 1. The average molecular weight is 276 g/mol. The molecule has 0 unspecified atom stereocenters. The lowest BCUT2D eigenvalue weighted by molar-refractivity contribution is 0.110. The van der Waals surface area contributed by atoms with Gasteiger partial charge in [0.15, 0.2) is 0 Å². The summed E-state index contributed by atoms with van der Waals surface area (Å²) in [6.45, 7) is 3.57. The first-order valence-electron chi connectivity index (χ1n) is 3.52. The minimum absolute atomic E-state index is 0.00111. The minimum Gasteiger partial charge on any atom is -0.507 e. The summed E-state index contributed by atoms with van der Waals surface area (Å²) >= 11 is 1.73. The number of benzene rings is 1. The molecular weight excluding hydrogens is 267 g/mol. The van der Waals surface area contributed by atoms with Gasteiger partial charge in [-0.05, 0) is 37.1 Å². The van der Waals surface area contributed by atoms with Crippen LogP contribution in [0.15, 0.2) is 12.1 Å². The number of aryl methyl sites for hydroxylation is 2. The van der Waals surface area contributed by atoms with Crippen molar-refractivity contribution < 1.29 is 9.90 Å². The Labute approximate surface area is 84.7 Å². The zero-order chi connectivity index (χ0) is 9.30. The van der Waals surface area contributed by atoms with Gasteiger partial charge in [-0.1, -0.05) is 0 Å². The number of rotatable bonds is 1. The number of carbonyl (C=O) groups excluding carboxylic acids is 1. The van der Waals surface area contributed by atoms with E-state index in [1.54, 1.807) is 48.6 Å². The molecule has 64 valence electrons. The number of phenols is 1. The van der Waals surface area contributed by atoms with Gasteiger partial charge in [0, 0.05) is 28.2 Å². The number of aromatic hydroxyl groups is 1. The van der Waals surface area contributed by atoms with E-state index in [0.717, 1.165) is 11.1 Å². The van der Waals surface area contributed by atoms with Crippen LogP contribution in [-0.2, 0) is 0 Å². The van der Waals surface area contributed by atoms with Gasteiger partial charge in [0.05, 0.1) is 0 Å². The van der Waals surface area contributed by atoms with Gasteiger partial charge in [0.2, 0.25) is 3.79 Å². The Balaban J connectivity index is 3.31. The lowest BCUT2D eigenvalue weighted by Crippen LogP contribution is -1.91. The van der Waals surface area contributed by atoms with Gasteiger partial charge < -0.3 is 5.11 Å². The number of halogens is 1. The van der Waals surface area contributed by atoms with E-state index in [1.807, 2.05) is 0 Å². The second-order valence-electron chi connectivity index (χ2n) is 2.73. The molecule has 1 aromatic rings. The molecule has 0 bridgehead atoms. The predicted octanol–water partition coefficient (Wildman–Crippen LogP) is 2.58. The highest BCUT2D eigenvalue weighted by Gasteiger charge is 2.06. The number of hydrogen-bond donors (Lipinski definition) is 1. The Kier molecular flexibility index (Phi) is 2.72. The molecule has 0 spiro atoms. The van der Waals surface area contributed by atoms with Crippen LogP contribution in [0.2, 0.25) is 0 Å². The van der Waals surface area contributed by atoms with Crippen molar-refractivity contribution in [3.8, 4) is 5.75 Å². The van der Waals surface area contributed by atoms with Crippen LogP contribution in [0.1, 0.15) is 21.5 Å². The smallest absolute Gasteiger partial charge is 0.222 e. The molecule has 0 saturated carbocycles. The fourth-order valence-corrected chi connectivity index (χ4v) is 1.38. The molecule has 0 aliphatic carbocycles. The van der Waals surface area contributed by atoms with Gasteiger partial charge in [-0.15, -0.1) is 0 Å². The van der Waals surface area contributed by atoms with Crippen molar-refractivity contribution in [1.82, 2.24) is 0 Å². The second kappa shape index (κ2) is 3.43. The van der Waals surface area contributed by atoms with Crippen LogP contribution in [0.25, 0.3) is 0 Å². The average Bonchev–Trinajstić information content (AvgIpc) is 1.99. The summed E-state index contributed by atoms with van der Waals surface area (Å²) in [4.78, 5) is 11.0. The Hall–Kier alpha value is -0.580. The van der Waals surface area contributed by atoms with Gasteiger partial charge in [-0.2, -0.15) is 0 Å². The zero-order valence-electron chi connectivity index (χ0n) is 6.89. The Bertz CT molecular complexity index is 308. The molecule has 0 aliphatic heterocycles. The molecule has 1 rings (SSSR count). The van der Waals surface area contributed by atoms with Crippen molar-refractivity contribution in [2.24, 2.45) is 0 Å². The molecule has 0 atom stereocenters. The number of carbonyl (C=O) groups is 1. The summed E-state index contributed by atoms with van der Waals surface area (Å²) in [5.74, 6) is 0.274. The third-order valence-electron chi connectivity index (χ3n) is 1.72. The zero-order valence-corrected chi connectivity index (χ0v) is 9.05. The van der Waals surface area contributed by atoms with Gasteiger partial charge in [-0.25, -0.2) is 0 Å². The van der Waals surface area contributed by atoms with Crippen molar-refractivity contribution in [1.29, 1.82) is 0 Å². The van der Waals surface area contributed by atoms with Crippen molar-refractivity contribution in [2.45, 2.75) is 13.8 Å². The monoisotopic (exact) mass is 276 g/mol. The third-order valence-corrected chi connectivity index (χ3v) is 2.34. The normalized spacial score (nSPS) is 9.92. The van der Waals surface area contributed by atoms with E-state index in [1.165, 1.54) is 0 Å². The van der Waals surface area contributed by atoms with E-state index < -0.39 is 0 Å². The highest BCUT2D eigenvalue weighted by atomic mass is 127.